The average Bonchev–Trinajstić information content (AvgIpc) is 3.27. The molecule has 0 saturated heterocycles. The zero-order chi connectivity index (χ0) is 36.6. The topological polar surface area (TPSA) is 3.24 Å². The van der Waals surface area contributed by atoms with Crippen LogP contribution in [0.5, 0.6) is 0 Å². The Morgan fingerprint density at radius 1 is 0.236 bits per heavy atom. The van der Waals surface area contributed by atoms with Gasteiger partial charge in [0.25, 0.3) is 0 Å². The van der Waals surface area contributed by atoms with Crippen molar-refractivity contribution in [2.24, 2.45) is 0 Å². The van der Waals surface area contributed by atoms with Crippen LogP contribution in [0.2, 0.25) is 0 Å². The van der Waals surface area contributed by atoms with Crippen molar-refractivity contribution < 1.29 is 0 Å². The van der Waals surface area contributed by atoms with Crippen molar-refractivity contribution in [3.63, 3.8) is 0 Å². The van der Waals surface area contributed by atoms with Gasteiger partial charge in [0.2, 0.25) is 0 Å². The van der Waals surface area contributed by atoms with Gasteiger partial charge < -0.3 is 4.90 Å². The SMILES string of the molecule is c1ccc(-c2ccc(-c3ccc(N(c4ccc(-c5cccc6ccccc56)cc4)c4cc5ccccc5c5ccccc45)cc3)cc2-c2ccccc2)cc1. The van der Waals surface area contributed by atoms with Crippen LogP contribution < -0.4 is 4.90 Å². The normalized spacial score (nSPS) is 11.3. The summed E-state index contributed by atoms with van der Waals surface area (Å²) >= 11 is 0. The van der Waals surface area contributed by atoms with E-state index in [1.54, 1.807) is 0 Å². The Bertz CT molecular complexity index is 2940. The highest BCUT2D eigenvalue weighted by atomic mass is 15.1. The van der Waals surface area contributed by atoms with Gasteiger partial charge in [-0.25, -0.2) is 0 Å². The van der Waals surface area contributed by atoms with Crippen LogP contribution in [0.3, 0.4) is 0 Å². The van der Waals surface area contributed by atoms with Crippen LogP contribution in [0.4, 0.5) is 17.1 Å². The molecule has 10 rings (SSSR count). The molecule has 0 heterocycles. The number of rotatable bonds is 7. The standard InChI is InChI=1S/C54H37N/c1-3-14-39(15-4-1)50-35-30-43(36-53(50)41-16-5-2-6-17-41)38-26-31-45(32-27-38)55(54-37-44-19-8-10-22-49(44)51-23-11-12-24-52(51)54)46-33-28-42(29-34-46)48-25-13-20-40-18-7-9-21-47(40)48/h1-37H. The molecule has 0 amide bonds. The summed E-state index contributed by atoms with van der Waals surface area (Å²) in [5.41, 5.74) is 13.0. The molecule has 0 spiro atoms. The summed E-state index contributed by atoms with van der Waals surface area (Å²) in [6, 6.07) is 81.4. The van der Waals surface area contributed by atoms with Gasteiger partial charge in [0.15, 0.2) is 0 Å². The lowest BCUT2D eigenvalue weighted by atomic mass is 9.91. The third-order valence-electron chi connectivity index (χ3n) is 10.9. The zero-order valence-corrected chi connectivity index (χ0v) is 30.3. The molecule has 258 valence electrons. The van der Waals surface area contributed by atoms with Crippen LogP contribution in [0.1, 0.15) is 0 Å². The fourth-order valence-corrected chi connectivity index (χ4v) is 8.17. The van der Waals surface area contributed by atoms with E-state index >= 15 is 0 Å². The smallest absolute Gasteiger partial charge is 0.0546 e. The lowest BCUT2D eigenvalue weighted by Crippen LogP contribution is -2.10. The van der Waals surface area contributed by atoms with Crippen LogP contribution in [0.25, 0.3) is 76.8 Å². The summed E-state index contributed by atoms with van der Waals surface area (Å²) in [5.74, 6) is 0. The number of hydrogen-bond donors (Lipinski definition) is 0. The van der Waals surface area contributed by atoms with Gasteiger partial charge in [-0.15, -0.1) is 0 Å². The summed E-state index contributed by atoms with van der Waals surface area (Å²) in [4.78, 5) is 2.42. The third-order valence-corrected chi connectivity index (χ3v) is 10.9. The molecule has 0 aliphatic carbocycles. The molecular weight excluding hydrogens is 663 g/mol. The molecule has 55 heavy (non-hydrogen) atoms. The number of fused-ring (bicyclic) bond motifs is 4. The molecule has 0 aliphatic heterocycles. The monoisotopic (exact) mass is 699 g/mol. The Kier molecular flexibility index (Phi) is 8.24. The molecule has 0 fully saturated rings. The predicted octanol–water partition coefficient (Wildman–Crippen LogP) is 15.3. The van der Waals surface area contributed by atoms with Crippen LogP contribution in [-0.2, 0) is 0 Å². The minimum absolute atomic E-state index is 1.10. The quantitative estimate of drug-likeness (QED) is 0.150. The Balaban J connectivity index is 1.10. The summed E-state index contributed by atoms with van der Waals surface area (Å²) in [6.45, 7) is 0. The van der Waals surface area contributed by atoms with Crippen molar-refractivity contribution >= 4 is 49.4 Å². The van der Waals surface area contributed by atoms with E-state index in [1.165, 1.54) is 76.8 Å². The molecule has 10 aromatic rings. The molecular formula is C54H37N. The summed E-state index contributed by atoms with van der Waals surface area (Å²) in [5, 5.41) is 7.45. The van der Waals surface area contributed by atoms with Crippen molar-refractivity contribution in [3.05, 3.63) is 224 Å². The van der Waals surface area contributed by atoms with Crippen molar-refractivity contribution in [3.8, 4) is 44.5 Å². The van der Waals surface area contributed by atoms with Crippen LogP contribution in [0.15, 0.2) is 224 Å². The van der Waals surface area contributed by atoms with Crippen LogP contribution in [0, 0.1) is 0 Å². The molecule has 0 N–H and O–H groups in total. The average molecular weight is 700 g/mol. The van der Waals surface area contributed by atoms with Gasteiger partial charge in [0.05, 0.1) is 5.69 Å². The molecule has 0 radical (unpaired) electrons. The number of benzene rings is 10. The van der Waals surface area contributed by atoms with E-state index in [0.717, 1.165) is 17.1 Å². The van der Waals surface area contributed by atoms with Gasteiger partial charge in [-0.1, -0.05) is 188 Å². The number of anilines is 3. The minimum atomic E-state index is 1.10. The number of hydrogen-bond acceptors (Lipinski definition) is 1. The van der Waals surface area contributed by atoms with Gasteiger partial charge in [0.1, 0.15) is 0 Å². The second-order valence-corrected chi connectivity index (χ2v) is 14.1. The second-order valence-electron chi connectivity index (χ2n) is 14.1. The van der Waals surface area contributed by atoms with Crippen molar-refractivity contribution in [2.75, 3.05) is 4.90 Å². The molecule has 0 bridgehead atoms. The Morgan fingerprint density at radius 2 is 0.727 bits per heavy atom. The molecule has 0 aromatic heterocycles. The van der Waals surface area contributed by atoms with Gasteiger partial charge in [0, 0.05) is 16.8 Å². The highest BCUT2D eigenvalue weighted by molar-refractivity contribution is 6.14. The van der Waals surface area contributed by atoms with Crippen molar-refractivity contribution in [1.82, 2.24) is 0 Å². The largest absolute Gasteiger partial charge is 0.310 e. The van der Waals surface area contributed by atoms with Gasteiger partial charge in [-0.05, 0) is 108 Å². The Hall–Kier alpha value is -7.22. The zero-order valence-electron chi connectivity index (χ0n) is 30.3. The first-order valence-corrected chi connectivity index (χ1v) is 18.9. The summed E-state index contributed by atoms with van der Waals surface area (Å²) < 4.78 is 0. The summed E-state index contributed by atoms with van der Waals surface area (Å²) in [6.07, 6.45) is 0. The van der Waals surface area contributed by atoms with Gasteiger partial charge in [-0.2, -0.15) is 0 Å². The van der Waals surface area contributed by atoms with Crippen molar-refractivity contribution in [2.45, 2.75) is 0 Å². The molecule has 0 saturated carbocycles. The maximum absolute atomic E-state index is 2.42. The molecule has 0 unspecified atom stereocenters. The maximum atomic E-state index is 2.42. The summed E-state index contributed by atoms with van der Waals surface area (Å²) in [7, 11) is 0. The minimum Gasteiger partial charge on any atom is -0.310 e. The van der Waals surface area contributed by atoms with E-state index in [1.807, 2.05) is 0 Å². The first kappa shape index (κ1) is 32.4. The van der Waals surface area contributed by atoms with E-state index in [-0.39, 0.29) is 0 Å². The third kappa shape index (κ3) is 6.02. The Morgan fingerprint density at radius 3 is 1.42 bits per heavy atom. The molecule has 10 aromatic carbocycles. The van der Waals surface area contributed by atoms with Crippen LogP contribution >= 0.6 is 0 Å². The molecule has 1 heteroatoms. The first-order valence-electron chi connectivity index (χ1n) is 18.9. The molecule has 0 atom stereocenters. The van der Waals surface area contributed by atoms with Gasteiger partial charge in [-0.3, -0.25) is 0 Å². The van der Waals surface area contributed by atoms with E-state index < -0.39 is 0 Å². The molecule has 0 aliphatic rings. The highest BCUT2D eigenvalue weighted by Gasteiger charge is 2.18. The van der Waals surface area contributed by atoms with E-state index in [4.69, 9.17) is 0 Å². The van der Waals surface area contributed by atoms with Crippen molar-refractivity contribution in [1.29, 1.82) is 0 Å². The maximum Gasteiger partial charge on any atom is 0.0546 e. The first-order chi connectivity index (χ1) is 27.3. The van der Waals surface area contributed by atoms with E-state index in [2.05, 4.69) is 229 Å². The van der Waals surface area contributed by atoms with Crippen LogP contribution in [-0.4, -0.2) is 0 Å². The van der Waals surface area contributed by atoms with E-state index in [9.17, 15) is 0 Å². The predicted molar refractivity (Wildman–Crippen MR) is 235 cm³/mol. The molecule has 1 nitrogen and oxygen atoms in total. The lowest BCUT2D eigenvalue weighted by molar-refractivity contribution is 1.30. The second kappa shape index (κ2) is 14.0. The fourth-order valence-electron chi connectivity index (χ4n) is 8.17. The highest BCUT2D eigenvalue weighted by Crippen LogP contribution is 2.44. The van der Waals surface area contributed by atoms with Gasteiger partial charge >= 0.3 is 0 Å². The van der Waals surface area contributed by atoms with E-state index in [0.29, 0.717) is 0 Å². The fraction of sp³-hybridized carbons (Fsp3) is 0. The lowest BCUT2D eigenvalue weighted by Gasteiger charge is -2.28. The number of nitrogens with zero attached hydrogens (tertiary/aromatic N) is 1. The Labute approximate surface area is 322 Å².